The Morgan fingerprint density at radius 3 is 2.76 bits per heavy atom. The molecule has 0 spiro atoms. The maximum atomic E-state index is 12.1. The van der Waals surface area contributed by atoms with Gasteiger partial charge in [0, 0.05) is 18.4 Å². The summed E-state index contributed by atoms with van der Waals surface area (Å²) in [5.74, 6) is 0.375. The van der Waals surface area contributed by atoms with Crippen molar-refractivity contribution in [3.63, 3.8) is 0 Å². The lowest BCUT2D eigenvalue weighted by Crippen LogP contribution is -2.46. The fourth-order valence-corrected chi connectivity index (χ4v) is 3.47. The molecule has 1 aliphatic rings. The summed E-state index contributed by atoms with van der Waals surface area (Å²) in [6, 6.07) is 2.05. The van der Waals surface area contributed by atoms with Crippen molar-refractivity contribution in [1.82, 2.24) is 5.32 Å². The number of ketones is 1. The van der Waals surface area contributed by atoms with E-state index in [1.54, 1.807) is 11.3 Å². The van der Waals surface area contributed by atoms with Gasteiger partial charge in [-0.15, -0.1) is 0 Å². The highest BCUT2D eigenvalue weighted by molar-refractivity contribution is 7.07. The molecule has 0 saturated heterocycles. The Morgan fingerprint density at radius 2 is 2.18 bits per heavy atom. The van der Waals surface area contributed by atoms with Crippen molar-refractivity contribution >= 4 is 17.1 Å². The summed E-state index contributed by atoms with van der Waals surface area (Å²) in [7, 11) is 2.00. The largest absolute Gasteiger partial charge is 0.314 e. The molecule has 94 valence electrons. The van der Waals surface area contributed by atoms with Gasteiger partial charge in [-0.05, 0) is 42.3 Å². The summed E-state index contributed by atoms with van der Waals surface area (Å²) in [6.07, 6.45) is 7.44. The van der Waals surface area contributed by atoms with Gasteiger partial charge < -0.3 is 5.32 Å². The molecule has 0 radical (unpaired) electrons. The summed E-state index contributed by atoms with van der Waals surface area (Å²) in [5, 5.41) is 7.52. The third kappa shape index (κ3) is 3.39. The number of carbonyl (C=O) groups excluding carboxylic acids is 1. The van der Waals surface area contributed by atoms with Crippen LogP contribution in [0.5, 0.6) is 0 Å². The molecule has 2 nitrogen and oxygen atoms in total. The van der Waals surface area contributed by atoms with Gasteiger partial charge in [0.15, 0.2) is 0 Å². The smallest absolute Gasteiger partial charge is 0.139 e. The molecule has 0 atom stereocenters. The number of nitrogens with one attached hydrogen (secondary N) is 1. The highest BCUT2D eigenvalue weighted by Gasteiger charge is 2.32. The Morgan fingerprint density at radius 1 is 1.41 bits per heavy atom. The molecular weight excluding hydrogens is 230 g/mol. The summed E-state index contributed by atoms with van der Waals surface area (Å²) in [5.41, 5.74) is 1.26. The summed E-state index contributed by atoms with van der Waals surface area (Å²) < 4.78 is 0. The topological polar surface area (TPSA) is 29.1 Å². The predicted octanol–water partition coefficient (Wildman–Crippen LogP) is 3.17. The third-order valence-electron chi connectivity index (χ3n) is 3.86. The molecule has 1 heterocycles. The quantitative estimate of drug-likeness (QED) is 0.871. The predicted molar refractivity (Wildman–Crippen MR) is 72.5 cm³/mol. The van der Waals surface area contributed by atoms with Gasteiger partial charge in [-0.25, -0.2) is 0 Å². The number of rotatable bonds is 5. The van der Waals surface area contributed by atoms with E-state index in [0.29, 0.717) is 18.6 Å². The van der Waals surface area contributed by atoms with Gasteiger partial charge in [-0.1, -0.05) is 19.3 Å². The fraction of sp³-hybridized carbons (Fsp3) is 0.643. The van der Waals surface area contributed by atoms with Crippen LogP contribution in [0.1, 0.15) is 44.1 Å². The van der Waals surface area contributed by atoms with Gasteiger partial charge in [-0.2, -0.15) is 11.3 Å². The molecule has 0 aromatic carbocycles. The van der Waals surface area contributed by atoms with Crippen LogP contribution >= 0.6 is 11.3 Å². The highest BCUT2D eigenvalue weighted by Crippen LogP contribution is 2.31. The summed E-state index contributed by atoms with van der Waals surface area (Å²) in [4.78, 5) is 12.1. The Kier molecular flexibility index (Phi) is 4.35. The van der Waals surface area contributed by atoms with Crippen LogP contribution in [0.2, 0.25) is 0 Å². The van der Waals surface area contributed by atoms with Crippen molar-refractivity contribution in [2.75, 3.05) is 7.05 Å². The van der Waals surface area contributed by atoms with Gasteiger partial charge >= 0.3 is 0 Å². The van der Waals surface area contributed by atoms with Crippen LogP contribution in [0.4, 0.5) is 0 Å². The lowest BCUT2D eigenvalue weighted by molar-refractivity contribution is -0.120. The van der Waals surface area contributed by atoms with Crippen LogP contribution in [-0.2, 0) is 11.2 Å². The molecule has 2 rings (SSSR count). The third-order valence-corrected chi connectivity index (χ3v) is 4.59. The van der Waals surface area contributed by atoms with Crippen molar-refractivity contribution in [2.24, 2.45) is 0 Å². The molecule has 1 aliphatic carbocycles. The van der Waals surface area contributed by atoms with Crippen LogP contribution < -0.4 is 5.32 Å². The molecule has 1 fully saturated rings. The minimum Gasteiger partial charge on any atom is -0.314 e. The Bertz CT molecular complexity index is 352. The molecule has 1 saturated carbocycles. The zero-order valence-electron chi connectivity index (χ0n) is 10.5. The molecule has 0 bridgehead atoms. The van der Waals surface area contributed by atoms with Crippen LogP contribution in [0.25, 0.3) is 0 Å². The Balaban J connectivity index is 1.91. The van der Waals surface area contributed by atoms with Crippen LogP contribution in [0, 0.1) is 0 Å². The van der Waals surface area contributed by atoms with Gasteiger partial charge in [0.25, 0.3) is 0 Å². The first-order chi connectivity index (χ1) is 8.24. The Labute approximate surface area is 107 Å². The molecule has 0 amide bonds. The van der Waals surface area contributed by atoms with Crippen molar-refractivity contribution in [3.8, 4) is 0 Å². The van der Waals surface area contributed by atoms with Gasteiger partial charge in [0.1, 0.15) is 5.78 Å². The maximum absolute atomic E-state index is 12.1. The second kappa shape index (κ2) is 5.78. The van der Waals surface area contributed by atoms with E-state index < -0.39 is 0 Å². The number of carbonyl (C=O) groups is 1. The minimum absolute atomic E-state index is 0.0886. The molecule has 0 aliphatic heterocycles. The standard InChI is InChI=1S/C14H21NOS/c1-15-14(6-3-2-4-7-14)10-13(16)9-12-5-8-17-11-12/h5,8,11,15H,2-4,6-7,9-10H2,1H3. The second-order valence-corrected chi connectivity index (χ2v) is 5.89. The van der Waals surface area contributed by atoms with Gasteiger partial charge in [0.05, 0.1) is 0 Å². The van der Waals surface area contributed by atoms with E-state index in [0.717, 1.165) is 12.8 Å². The number of Topliss-reactive ketones (excluding diaryl/α,β-unsaturated/α-hetero) is 1. The molecule has 1 aromatic heterocycles. The first-order valence-electron chi connectivity index (χ1n) is 6.46. The molecule has 1 aromatic rings. The van der Waals surface area contributed by atoms with Crippen LogP contribution in [0.3, 0.4) is 0 Å². The fourth-order valence-electron chi connectivity index (χ4n) is 2.80. The van der Waals surface area contributed by atoms with Gasteiger partial charge in [0.2, 0.25) is 0 Å². The van der Waals surface area contributed by atoms with Crippen LogP contribution in [0.15, 0.2) is 16.8 Å². The first-order valence-corrected chi connectivity index (χ1v) is 7.40. The average molecular weight is 251 g/mol. The molecule has 17 heavy (non-hydrogen) atoms. The van der Waals surface area contributed by atoms with Crippen molar-refractivity contribution in [3.05, 3.63) is 22.4 Å². The molecule has 0 unspecified atom stereocenters. The highest BCUT2D eigenvalue weighted by atomic mass is 32.1. The SMILES string of the molecule is CNC1(CC(=O)Cc2ccsc2)CCCCC1. The average Bonchev–Trinajstić information content (AvgIpc) is 2.83. The van der Waals surface area contributed by atoms with Crippen molar-refractivity contribution in [1.29, 1.82) is 0 Å². The zero-order chi connectivity index (χ0) is 12.1. The summed E-state index contributed by atoms with van der Waals surface area (Å²) in [6.45, 7) is 0. The molecule has 3 heteroatoms. The van der Waals surface area contributed by atoms with Gasteiger partial charge in [-0.3, -0.25) is 4.79 Å². The number of thiophene rings is 1. The minimum atomic E-state index is 0.0886. The monoisotopic (exact) mass is 251 g/mol. The Hall–Kier alpha value is -0.670. The van der Waals surface area contributed by atoms with E-state index in [-0.39, 0.29) is 5.54 Å². The molecular formula is C14H21NOS. The van der Waals surface area contributed by atoms with E-state index in [2.05, 4.69) is 16.8 Å². The van der Waals surface area contributed by atoms with E-state index in [9.17, 15) is 4.79 Å². The molecule has 1 N–H and O–H groups in total. The number of hydrogen-bond donors (Lipinski definition) is 1. The zero-order valence-corrected chi connectivity index (χ0v) is 11.3. The van der Waals surface area contributed by atoms with Crippen molar-refractivity contribution < 1.29 is 4.79 Å². The summed E-state index contributed by atoms with van der Waals surface area (Å²) >= 11 is 1.66. The van der Waals surface area contributed by atoms with E-state index >= 15 is 0 Å². The van der Waals surface area contributed by atoms with Crippen LogP contribution in [-0.4, -0.2) is 18.4 Å². The number of hydrogen-bond acceptors (Lipinski definition) is 3. The first kappa shape index (κ1) is 12.8. The van der Waals surface area contributed by atoms with E-state index in [1.807, 2.05) is 12.4 Å². The van der Waals surface area contributed by atoms with E-state index in [4.69, 9.17) is 0 Å². The van der Waals surface area contributed by atoms with Crippen molar-refractivity contribution in [2.45, 2.75) is 50.5 Å². The maximum Gasteiger partial charge on any atom is 0.139 e. The van der Waals surface area contributed by atoms with E-state index in [1.165, 1.54) is 24.8 Å². The lowest BCUT2D eigenvalue weighted by Gasteiger charge is -2.36. The normalized spacial score (nSPS) is 19.1. The second-order valence-electron chi connectivity index (χ2n) is 5.11. The lowest BCUT2D eigenvalue weighted by atomic mass is 9.78.